The second kappa shape index (κ2) is 7.50. The van der Waals surface area contributed by atoms with Gasteiger partial charge in [-0.05, 0) is 30.7 Å². The molecule has 4 heteroatoms. The van der Waals surface area contributed by atoms with Gasteiger partial charge in [0.1, 0.15) is 0 Å². The zero-order chi connectivity index (χ0) is 14.2. The van der Waals surface area contributed by atoms with Gasteiger partial charge in [-0.1, -0.05) is 30.3 Å². The average molecular weight is 272 g/mol. The van der Waals surface area contributed by atoms with Gasteiger partial charge in [0.15, 0.2) is 0 Å². The van der Waals surface area contributed by atoms with Gasteiger partial charge < -0.3 is 15.0 Å². The molecule has 20 heavy (non-hydrogen) atoms. The van der Waals surface area contributed by atoms with Crippen molar-refractivity contribution >= 4 is 5.97 Å². The van der Waals surface area contributed by atoms with Gasteiger partial charge in [0.25, 0.3) is 0 Å². The fraction of sp³-hybridized carbons (Fsp3) is 0.312. The SMILES string of the molecule is O=C(O)CCn1cccc1CNCCc1ccccc1. The number of benzene rings is 1. The van der Waals surface area contributed by atoms with Crippen LogP contribution in [0.5, 0.6) is 0 Å². The molecule has 0 spiro atoms. The Hall–Kier alpha value is -2.07. The quantitative estimate of drug-likeness (QED) is 0.725. The summed E-state index contributed by atoms with van der Waals surface area (Å²) in [6.07, 6.45) is 3.08. The summed E-state index contributed by atoms with van der Waals surface area (Å²) in [6, 6.07) is 14.3. The Morgan fingerprint density at radius 1 is 1.15 bits per heavy atom. The number of hydrogen-bond donors (Lipinski definition) is 2. The van der Waals surface area contributed by atoms with Crippen molar-refractivity contribution in [2.24, 2.45) is 0 Å². The Balaban J connectivity index is 1.74. The maximum atomic E-state index is 10.6. The number of carboxylic acid groups (broad SMARTS) is 1. The molecule has 0 saturated heterocycles. The van der Waals surface area contributed by atoms with Crippen LogP contribution in [0, 0.1) is 0 Å². The van der Waals surface area contributed by atoms with Crippen LogP contribution in [0.25, 0.3) is 0 Å². The second-order valence-electron chi connectivity index (χ2n) is 4.75. The Morgan fingerprint density at radius 2 is 1.95 bits per heavy atom. The number of nitrogens with zero attached hydrogens (tertiary/aromatic N) is 1. The number of aliphatic carboxylic acids is 1. The van der Waals surface area contributed by atoms with Crippen LogP contribution in [0.4, 0.5) is 0 Å². The van der Waals surface area contributed by atoms with Crippen LogP contribution in [0.1, 0.15) is 17.7 Å². The summed E-state index contributed by atoms with van der Waals surface area (Å²) in [7, 11) is 0. The lowest BCUT2D eigenvalue weighted by atomic mass is 10.1. The van der Waals surface area contributed by atoms with Crippen LogP contribution < -0.4 is 5.32 Å². The summed E-state index contributed by atoms with van der Waals surface area (Å²) in [5.74, 6) is -0.762. The molecule has 0 unspecified atom stereocenters. The molecule has 0 saturated carbocycles. The summed E-state index contributed by atoms with van der Waals surface area (Å²) in [6.45, 7) is 2.20. The molecule has 0 fully saturated rings. The van der Waals surface area contributed by atoms with Gasteiger partial charge in [0.05, 0.1) is 6.42 Å². The molecule has 0 aliphatic rings. The summed E-state index contributed by atoms with van der Waals surface area (Å²) < 4.78 is 1.99. The van der Waals surface area contributed by atoms with Crippen molar-refractivity contribution in [1.29, 1.82) is 0 Å². The van der Waals surface area contributed by atoms with E-state index in [4.69, 9.17) is 5.11 Å². The van der Waals surface area contributed by atoms with Crippen molar-refractivity contribution in [3.63, 3.8) is 0 Å². The predicted octanol–water partition coefficient (Wildman–Crippen LogP) is 2.30. The minimum absolute atomic E-state index is 0.158. The molecule has 1 heterocycles. The molecule has 2 rings (SSSR count). The molecule has 0 aliphatic heterocycles. The normalized spacial score (nSPS) is 10.6. The van der Waals surface area contributed by atoms with E-state index in [-0.39, 0.29) is 6.42 Å². The van der Waals surface area contributed by atoms with E-state index in [9.17, 15) is 4.79 Å². The first kappa shape index (κ1) is 14.3. The average Bonchev–Trinajstić information content (AvgIpc) is 2.90. The first-order valence-electron chi connectivity index (χ1n) is 6.86. The summed E-state index contributed by atoms with van der Waals surface area (Å²) in [5.41, 5.74) is 2.44. The molecule has 1 aromatic carbocycles. The first-order valence-corrected chi connectivity index (χ1v) is 6.86. The maximum Gasteiger partial charge on any atom is 0.305 e. The van der Waals surface area contributed by atoms with Crippen molar-refractivity contribution in [3.05, 3.63) is 59.9 Å². The van der Waals surface area contributed by atoms with E-state index in [0.717, 1.165) is 25.2 Å². The summed E-state index contributed by atoms with van der Waals surface area (Å²) in [5, 5.41) is 12.1. The topological polar surface area (TPSA) is 54.3 Å². The van der Waals surface area contributed by atoms with Gasteiger partial charge in [-0.15, -0.1) is 0 Å². The molecule has 0 amide bonds. The molecule has 0 bridgehead atoms. The van der Waals surface area contributed by atoms with E-state index < -0.39 is 5.97 Å². The lowest BCUT2D eigenvalue weighted by Gasteiger charge is -2.09. The smallest absolute Gasteiger partial charge is 0.305 e. The standard InChI is InChI=1S/C16H20N2O2/c19-16(20)9-12-18-11-4-7-15(18)13-17-10-8-14-5-2-1-3-6-14/h1-7,11,17H,8-10,12-13H2,(H,19,20). The summed E-state index contributed by atoms with van der Waals surface area (Å²) >= 11 is 0. The molecule has 0 atom stereocenters. The molecule has 1 aromatic heterocycles. The van der Waals surface area contributed by atoms with Crippen molar-refractivity contribution in [3.8, 4) is 0 Å². The van der Waals surface area contributed by atoms with E-state index >= 15 is 0 Å². The molecule has 2 aromatic rings. The van der Waals surface area contributed by atoms with Gasteiger partial charge >= 0.3 is 5.97 Å². The fourth-order valence-electron chi connectivity index (χ4n) is 2.14. The lowest BCUT2D eigenvalue weighted by Crippen LogP contribution is -2.19. The number of rotatable bonds is 8. The molecule has 0 radical (unpaired) electrons. The third-order valence-electron chi connectivity index (χ3n) is 3.23. The molecular formula is C16H20N2O2. The van der Waals surface area contributed by atoms with Gasteiger partial charge in [0, 0.05) is 25.0 Å². The maximum absolute atomic E-state index is 10.6. The second-order valence-corrected chi connectivity index (χ2v) is 4.75. The van der Waals surface area contributed by atoms with Crippen LogP contribution in [0.3, 0.4) is 0 Å². The largest absolute Gasteiger partial charge is 0.481 e. The highest BCUT2D eigenvalue weighted by atomic mass is 16.4. The number of carboxylic acids is 1. The zero-order valence-electron chi connectivity index (χ0n) is 11.5. The van der Waals surface area contributed by atoms with E-state index in [2.05, 4.69) is 17.4 Å². The van der Waals surface area contributed by atoms with Crippen molar-refractivity contribution < 1.29 is 9.90 Å². The zero-order valence-corrected chi connectivity index (χ0v) is 11.5. The Bertz CT molecular complexity index is 534. The number of aryl methyl sites for hydroxylation is 1. The Kier molecular flexibility index (Phi) is 5.38. The highest BCUT2D eigenvalue weighted by Crippen LogP contribution is 2.04. The van der Waals surface area contributed by atoms with Crippen molar-refractivity contribution in [2.45, 2.75) is 25.9 Å². The van der Waals surface area contributed by atoms with Crippen LogP contribution in [0.15, 0.2) is 48.7 Å². The van der Waals surface area contributed by atoms with Gasteiger partial charge in [-0.2, -0.15) is 0 Å². The third-order valence-corrected chi connectivity index (χ3v) is 3.23. The van der Waals surface area contributed by atoms with Crippen LogP contribution in [-0.2, 0) is 24.3 Å². The predicted molar refractivity (Wildman–Crippen MR) is 78.5 cm³/mol. The van der Waals surface area contributed by atoms with Crippen molar-refractivity contribution in [2.75, 3.05) is 6.54 Å². The Labute approximate surface area is 119 Å². The molecule has 4 nitrogen and oxygen atoms in total. The van der Waals surface area contributed by atoms with E-state index in [1.165, 1.54) is 5.56 Å². The van der Waals surface area contributed by atoms with E-state index in [1.54, 1.807) is 0 Å². The molecule has 2 N–H and O–H groups in total. The molecule has 0 aliphatic carbocycles. The minimum atomic E-state index is -0.762. The Morgan fingerprint density at radius 3 is 2.70 bits per heavy atom. The molecule has 106 valence electrons. The van der Waals surface area contributed by atoms with Crippen LogP contribution in [-0.4, -0.2) is 22.2 Å². The molecular weight excluding hydrogens is 252 g/mol. The first-order chi connectivity index (χ1) is 9.75. The highest BCUT2D eigenvalue weighted by Gasteiger charge is 2.03. The van der Waals surface area contributed by atoms with Gasteiger partial charge in [-0.25, -0.2) is 0 Å². The van der Waals surface area contributed by atoms with Crippen LogP contribution >= 0.6 is 0 Å². The number of aromatic nitrogens is 1. The number of hydrogen-bond acceptors (Lipinski definition) is 2. The van der Waals surface area contributed by atoms with Crippen LogP contribution in [0.2, 0.25) is 0 Å². The third kappa shape index (κ3) is 4.55. The number of nitrogens with one attached hydrogen (secondary N) is 1. The van der Waals surface area contributed by atoms with E-state index in [0.29, 0.717) is 6.54 Å². The number of carbonyl (C=O) groups is 1. The lowest BCUT2D eigenvalue weighted by molar-refractivity contribution is -0.137. The van der Waals surface area contributed by atoms with Gasteiger partial charge in [0.2, 0.25) is 0 Å². The monoisotopic (exact) mass is 272 g/mol. The fourth-order valence-corrected chi connectivity index (χ4v) is 2.14. The highest BCUT2D eigenvalue weighted by molar-refractivity contribution is 5.66. The summed E-state index contributed by atoms with van der Waals surface area (Å²) in [4.78, 5) is 10.6. The van der Waals surface area contributed by atoms with E-state index in [1.807, 2.05) is 41.1 Å². The van der Waals surface area contributed by atoms with Gasteiger partial charge in [-0.3, -0.25) is 4.79 Å². The minimum Gasteiger partial charge on any atom is -0.481 e. The van der Waals surface area contributed by atoms with Crippen molar-refractivity contribution in [1.82, 2.24) is 9.88 Å².